The zero-order valence-corrected chi connectivity index (χ0v) is 7.06. The molecule has 2 unspecified atom stereocenters. The molecule has 0 aliphatic rings. The predicted molar refractivity (Wildman–Crippen MR) is 41.1 cm³/mol. The third-order valence-corrected chi connectivity index (χ3v) is 1.73. The van der Waals surface area contributed by atoms with Crippen molar-refractivity contribution in [3.63, 3.8) is 0 Å². The van der Waals surface area contributed by atoms with Gasteiger partial charge in [-0.2, -0.15) is 5.06 Å². The van der Waals surface area contributed by atoms with E-state index in [4.69, 9.17) is 10.2 Å². The second kappa shape index (κ2) is 5.49. The van der Waals surface area contributed by atoms with Crippen LogP contribution in [0, 0.1) is 0 Å². The van der Waals surface area contributed by atoms with Crippen LogP contribution in [0.1, 0.15) is 26.7 Å². The summed E-state index contributed by atoms with van der Waals surface area (Å²) in [5.74, 6) is 0. The minimum absolute atomic E-state index is 0.135. The van der Waals surface area contributed by atoms with E-state index in [1.54, 1.807) is 6.92 Å². The summed E-state index contributed by atoms with van der Waals surface area (Å²) >= 11 is 0. The van der Waals surface area contributed by atoms with Crippen LogP contribution in [-0.4, -0.2) is 39.4 Å². The molecule has 0 heterocycles. The van der Waals surface area contributed by atoms with Crippen LogP contribution in [-0.2, 0) is 0 Å². The van der Waals surface area contributed by atoms with Crippen molar-refractivity contribution in [3.05, 3.63) is 0 Å². The molecule has 0 spiro atoms. The summed E-state index contributed by atoms with van der Waals surface area (Å²) in [5.41, 5.74) is 0. The molecule has 0 rings (SSSR count). The lowest BCUT2D eigenvalue weighted by Gasteiger charge is -2.26. The normalized spacial score (nSPS) is 16.9. The summed E-state index contributed by atoms with van der Waals surface area (Å²) in [6, 6.07) is -0.357. The molecule has 0 amide bonds. The Morgan fingerprint density at radius 2 is 1.82 bits per heavy atom. The first-order valence-corrected chi connectivity index (χ1v) is 3.93. The van der Waals surface area contributed by atoms with Crippen LogP contribution < -0.4 is 0 Å². The highest BCUT2D eigenvalue weighted by Crippen LogP contribution is 2.05. The molecule has 0 fully saturated rings. The molecule has 0 aliphatic carbocycles. The molecule has 0 aromatic rings. The maximum absolute atomic E-state index is 9.20. The van der Waals surface area contributed by atoms with Crippen LogP contribution in [0.2, 0.25) is 0 Å². The Morgan fingerprint density at radius 3 is 2.09 bits per heavy atom. The highest BCUT2D eigenvalue weighted by atomic mass is 16.5. The number of aliphatic hydroxyl groups excluding tert-OH is 2. The van der Waals surface area contributed by atoms with Crippen LogP contribution in [0.5, 0.6) is 0 Å². The standard InChI is InChI=1S/C7H17NO3/c1-3-6(5-9)8(11)7(10)4-2/h6-7,9-11H,3-5H2,1-2H3. The number of hydrogen-bond donors (Lipinski definition) is 3. The first-order chi connectivity index (χ1) is 5.17. The van der Waals surface area contributed by atoms with E-state index in [9.17, 15) is 5.21 Å². The summed E-state index contributed by atoms with van der Waals surface area (Å²) in [5, 5.41) is 27.9. The van der Waals surface area contributed by atoms with Crippen LogP contribution >= 0.6 is 0 Å². The maximum atomic E-state index is 9.20. The highest BCUT2D eigenvalue weighted by Gasteiger charge is 2.19. The van der Waals surface area contributed by atoms with Gasteiger partial charge in [-0.25, -0.2) is 0 Å². The molecular weight excluding hydrogens is 146 g/mol. The van der Waals surface area contributed by atoms with Crippen LogP contribution in [0.3, 0.4) is 0 Å². The van der Waals surface area contributed by atoms with Crippen molar-refractivity contribution >= 4 is 0 Å². The van der Waals surface area contributed by atoms with Gasteiger partial charge in [0.05, 0.1) is 12.6 Å². The maximum Gasteiger partial charge on any atom is 0.129 e. The van der Waals surface area contributed by atoms with E-state index < -0.39 is 6.23 Å². The van der Waals surface area contributed by atoms with E-state index in [1.807, 2.05) is 6.92 Å². The van der Waals surface area contributed by atoms with Crippen LogP contribution in [0.4, 0.5) is 0 Å². The summed E-state index contributed by atoms with van der Waals surface area (Å²) < 4.78 is 0. The van der Waals surface area contributed by atoms with Gasteiger partial charge >= 0.3 is 0 Å². The number of hydrogen-bond acceptors (Lipinski definition) is 4. The molecule has 0 saturated heterocycles. The zero-order chi connectivity index (χ0) is 8.85. The van der Waals surface area contributed by atoms with Gasteiger partial charge in [0.25, 0.3) is 0 Å². The topological polar surface area (TPSA) is 63.9 Å². The molecule has 68 valence electrons. The van der Waals surface area contributed by atoms with Gasteiger partial charge in [0, 0.05) is 0 Å². The summed E-state index contributed by atoms with van der Waals surface area (Å²) in [6.45, 7) is 3.47. The Morgan fingerprint density at radius 1 is 1.27 bits per heavy atom. The Balaban J connectivity index is 3.86. The first kappa shape index (κ1) is 10.8. The van der Waals surface area contributed by atoms with Gasteiger partial charge < -0.3 is 15.4 Å². The van der Waals surface area contributed by atoms with Crippen LogP contribution in [0.15, 0.2) is 0 Å². The van der Waals surface area contributed by atoms with Gasteiger partial charge in [-0.05, 0) is 12.8 Å². The Kier molecular flexibility index (Phi) is 5.41. The summed E-state index contributed by atoms with van der Waals surface area (Å²) in [4.78, 5) is 0. The van der Waals surface area contributed by atoms with E-state index in [-0.39, 0.29) is 12.6 Å². The van der Waals surface area contributed by atoms with Crippen molar-refractivity contribution in [2.75, 3.05) is 6.61 Å². The summed E-state index contributed by atoms with van der Waals surface area (Å²) in [6.07, 6.45) is 0.198. The molecular formula is C7H17NO3. The lowest BCUT2D eigenvalue weighted by atomic mass is 10.2. The third-order valence-electron chi connectivity index (χ3n) is 1.73. The van der Waals surface area contributed by atoms with Crippen molar-refractivity contribution in [1.29, 1.82) is 0 Å². The van der Waals surface area contributed by atoms with Gasteiger partial charge in [0.2, 0.25) is 0 Å². The van der Waals surface area contributed by atoms with Gasteiger partial charge in [-0.1, -0.05) is 13.8 Å². The minimum Gasteiger partial charge on any atom is -0.395 e. The number of hydroxylamine groups is 2. The Bertz CT molecular complexity index is 95.7. The van der Waals surface area contributed by atoms with Gasteiger partial charge in [0.1, 0.15) is 6.23 Å². The van der Waals surface area contributed by atoms with E-state index in [1.165, 1.54) is 0 Å². The van der Waals surface area contributed by atoms with Crippen molar-refractivity contribution < 1.29 is 15.4 Å². The van der Waals surface area contributed by atoms with Crippen molar-refractivity contribution in [1.82, 2.24) is 5.06 Å². The monoisotopic (exact) mass is 163 g/mol. The molecule has 3 N–H and O–H groups in total. The smallest absolute Gasteiger partial charge is 0.129 e. The second-order valence-electron chi connectivity index (χ2n) is 2.51. The molecule has 0 radical (unpaired) electrons. The molecule has 4 nitrogen and oxygen atoms in total. The average molecular weight is 163 g/mol. The molecule has 4 heteroatoms. The first-order valence-electron chi connectivity index (χ1n) is 3.93. The molecule has 0 aromatic carbocycles. The minimum atomic E-state index is -0.868. The fourth-order valence-electron chi connectivity index (χ4n) is 0.830. The molecule has 0 bridgehead atoms. The Hall–Kier alpha value is -0.160. The molecule has 0 aromatic heterocycles. The number of rotatable bonds is 5. The lowest BCUT2D eigenvalue weighted by Crippen LogP contribution is -2.42. The lowest BCUT2D eigenvalue weighted by molar-refractivity contribution is -0.228. The van der Waals surface area contributed by atoms with Crippen molar-refractivity contribution in [2.24, 2.45) is 0 Å². The number of nitrogens with zero attached hydrogens (tertiary/aromatic N) is 1. The van der Waals surface area contributed by atoms with Crippen molar-refractivity contribution in [2.45, 2.75) is 39.0 Å². The quantitative estimate of drug-likeness (QED) is 0.399. The van der Waals surface area contributed by atoms with E-state index in [0.29, 0.717) is 12.8 Å². The molecule has 0 saturated carbocycles. The number of aliphatic hydroxyl groups is 2. The largest absolute Gasteiger partial charge is 0.395 e. The highest BCUT2D eigenvalue weighted by molar-refractivity contribution is 4.62. The van der Waals surface area contributed by atoms with E-state index in [2.05, 4.69) is 0 Å². The molecule has 0 aliphatic heterocycles. The fraction of sp³-hybridized carbons (Fsp3) is 1.00. The SMILES string of the molecule is CCC(O)N(O)C(CC)CO. The molecule has 11 heavy (non-hydrogen) atoms. The Labute approximate surface area is 67.0 Å². The second-order valence-corrected chi connectivity index (χ2v) is 2.51. The zero-order valence-electron chi connectivity index (χ0n) is 7.06. The van der Waals surface area contributed by atoms with Gasteiger partial charge in [-0.15, -0.1) is 0 Å². The third kappa shape index (κ3) is 3.16. The fourth-order valence-corrected chi connectivity index (χ4v) is 0.830. The predicted octanol–water partition coefficient (Wildman–Crippen LogP) is 0.177. The van der Waals surface area contributed by atoms with E-state index in [0.717, 1.165) is 5.06 Å². The van der Waals surface area contributed by atoms with Gasteiger partial charge in [-0.3, -0.25) is 0 Å². The van der Waals surface area contributed by atoms with E-state index >= 15 is 0 Å². The van der Waals surface area contributed by atoms with Crippen molar-refractivity contribution in [3.8, 4) is 0 Å². The van der Waals surface area contributed by atoms with Gasteiger partial charge in [0.15, 0.2) is 0 Å². The average Bonchev–Trinajstić information content (AvgIpc) is 2.05. The summed E-state index contributed by atoms with van der Waals surface area (Å²) in [7, 11) is 0. The van der Waals surface area contributed by atoms with Crippen LogP contribution in [0.25, 0.3) is 0 Å². The molecule has 2 atom stereocenters.